The number of allylic oxidation sites excluding steroid dienone is 4. The number of nitrogens with zero attached hydrogens (tertiary/aromatic N) is 2. The standard InChI is InChI=1S/C24H24N2O/c1-2-3-7-18-10-12-19(13-11-18)20-14-16-22(17-15-20)24-26-25-23(27-24)21-8-5-4-6-9-21/h4-6,8-16,22H,2-3,7,17H2,1H3. The third kappa shape index (κ3) is 4.08. The third-order valence-corrected chi connectivity index (χ3v) is 4.98. The Morgan fingerprint density at radius 1 is 0.963 bits per heavy atom. The first kappa shape index (κ1) is 17.5. The highest BCUT2D eigenvalue weighted by Crippen LogP contribution is 2.31. The summed E-state index contributed by atoms with van der Waals surface area (Å²) >= 11 is 0. The molecule has 1 heterocycles. The fourth-order valence-electron chi connectivity index (χ4n) is 3.34. The van der Waals surface area contributed by atoms with E-state index in [9.17, 15) is 0 Å². The van der Waals surface area contributed by atoms with E-state index in [-0.39, 0.29) is 5.92 Å². The first-order valence-electron chi connectivity index (χ1n) is 9.70. The number of unbranched alkanes of at least 4 members (excludes halogenated alkanes) is 1. The zero-order chi connectivity index (χ0) is 18.5. The number of aryl methyl sites for hydroxylation is 1. The lowest BCUT2D eigenvalue weighted by molar-refractivity contribution is 0.484. The van der Waals surface area contributed by atoms with E-state index in [0.717, 1.165) is 18.4 Å². The summed E-state index contributed by atoms with van der Waals surface area (Å²) in [5, 5.41) is 8.46. The second-order valence-corrected chi connectivity index (χ2v) is 6.97. The molecule has 0 bridgehead atoms. The molecule has 0 spiro atoms. The summed E-state index contributed by atoms with van der Waals surface area (Å²) in [5.74, 6) is 1.40. The molecular formula is C24H24N2O. The Balaban J connectivity index is 1.43. The van der Waals surface area contributed by atoms with Crippen LogP contribution in [0, 0.1) is 0 Å². The molecule has 0 saturated heterocycles. The van der Waals surface area contributed by atoms with Gasteiger partial charge in [0, 0.05) is 5.56 Å². The van der Waals surface area contributed by atoms with Crippen LogP contribution in [0.3, 0.4) is 0 Å². The molecule has 0 radical (unpaired) electrons. The Morgan fingerprint density at radius 2 is 1.78 bits per heavy atom. The molecule has 136 valence electrons. The van der Waals surface area contributed by atoms with Crippen molar-refractivity contribution in [2.45, 2.75) is 38.5 Å². The van der Waals surface area contributed by atoms with Crippen LogP contribution in [-0.2, 0) is 6.42 Å². The Hall–Kier alpha value is -2.94. The Morgan fingerprint density at radius 3 is 2.48 bits per heavy atom. The number of aromatic nitrogens is 2. The molecule has 3 aromatic rings. The first-order valence-corrected chi connectivity index (χ1v) is 9.70. The van der Waals surface area contributed by atoms with Gasteiger partial charge in [0.1, 0.15) is 0 Å². The van der Waals surface area contributed by atoms with Crippen molar-refractivity contribution in [1.29, 1.82) is 0 Å². The van der Waals surface area contributed by atoms with Crippen LogP contribution in [0.4, 0.5) is 0 Å². The average molecular weight is 356 g/mol. The smallest absolute Gasteiger partial charge is 0.247 e. The first-order chi connectivity index (χ1) is 13.3. The number of benzene rings is 2. The van der Waals surface area contributed by atoms with Crippen LogP contribution >= 0.6 is 0 Å². The molecule has 3 nitrogen and oxygen atoms in total. The molecule has 3 heteroatoms. The van der Waals surface area contributed by atoms with Crippen molar-refractivity contribution in [2.24, 2.45) is 0 Å². The van der Waals surface area contributed by atoms with E-state index >= 15 is 0 Å². The Bertz CT molecular complexity index is 936. The Kier molecular flexibility index (Phi) is 5.29. The van der Waals surface area contributed by atoms with Crippen LogP contribution in [0.1, 0.15) is 49.1 Å². The van der Waals surface area contributed by atoms with E-state index in [1.807, 2.05) is 30.3 Å². The van der Waals surface area contributed by atoms with Gasteiger partial charge in [-0.15, -0.1) is 10.2 Å². The van der Waals surface area contributed by atoms with Crippen molar-refractivity contribution in [2.75, 3.05) is 0 Å². The minimum absolute atomic E-state index is 0.141. The molecule has 1 unspecified atom stereocenters. The van der Waals surface area contributed by atoms with Gasteiger partial charge in [-0.3, -0.25) is 0 Å². The molecular weight excluding hydrogens is 332 g/mol. The highest BCUT2D eigenvalue weighted by Gasteiger charge is 2.19. The zero-order valence-corrected chi connectivity index (χ0v) is 15.6. The van der Waals surface area contributed by atoms with Gasteiger partial charge in [-0.1, -0.05) is 74.0 Å². The van der Waals surface area contributed by atoms with Gasteiger partial charge < -0.3 is 4.42 Å². The van der Waals surface area contributed by atoms with Gasteiger partial charge in [-0.2, -0.15) is 0 Å². The van der Waals surface area contributed by atoms with Crippen LogP contribution in [0.5, 0.6) is 0 Å². The molecule has 0 aliphatic heterocycles. The average Bonchev–Trinajstić information content (AvgIpc) is 3.24. The molecule has 2 aromatic carbocycles. The Labute approximate surface area is 160 Å². The van der Waals surface area contributed by atoms with E-state index < -0.39 is 0 Å². The highest BCUT2D eigenvalue weighted by molar-refractivity contribution is 5.75. The van der Waals surface area contributed by atoms with Crippen LogP contribution in [0.25, 0.3) is 17.0 Å². The van der Waals surface area contributed by atoms with Crippen molar-refractivity contribution in [3.8, 4) is 11.5 Å². The summed E-state index contributed by atoms with van der Waals surface area (Å²) < 4.78 is 5.90. The normalized spacial score (nSPS) is 16.3. The fourth-order valence-corrected chi connectivity index (χ4v) is 3.34. The van der Waals surface area contributed by atoms with Gasteiger partial charge >= 0.3 is 0 Å². The molecule has 0 fully saturated rings. The molecule has 4 rings (SSSR count). The maximum atomic E-state index is 5.90. The van der Waals surface area contributed by atoms with Gasteiger partial charge in [0.05, 0.1) is 5.92 Å². The third-order valence-electron chi connectivity index (χ3n) is 4.98. The monoisotopic (exact) mass is 356 g/mol. The highest BCUT2D eigenvalue weighted by atomic mass is 16.4. The molecule has 0 amide bonds. The van der Waals surface area contributed by atoms with Crippen molar-refractivity contribution >= 4 is 5.57 Å². The van der Waals surface area contributed by atoms with Crippen molar-refractivity contribution < 1.29 is 4.42 Å². The summed E-state index contributed by atoms with van der Waals surface area (Å²) in [6, 6.07) is 18.8. The lowest BCUT2D eigenvalue weighted by Crippen LogP contribution is -1.99. The molecule has 0 N–H and O–H groups in total. The van der Waals surface area contributed by atoms with E-state index in [4.69, 9.17) is 4.42 Å². The molecule has 1 aliphatic carbocycles. The topological polar surface area (TPSA) is 38.9 Å². The maximum absolute atomic E-state index is 5.90. The molecule has 0 saturated carbocycles. The van der Waals surface area contributed by atoms with E-state index in [2.05, 4.69) is 59.6 Å². The number of hydrogen-bond donors (Lipinski definition) is 0. The molecule has 1 aromatic heterocycles. The number of hydrogen-bond acceptors (Lipinski definition) is 3. The molecule has 27 heavy (non-hydrogen) atoms. The summed E-state index contributed by atoms with van der Waals surface area (Å²) in [5.41, 5.74) is 4.89. The molecule has 1 aliphatic rings. The summed E-state index contributed by atoms with van der Waals surface area (Å²) in [6.45, 7) is 2.23. The van der Waals surface area contributed by atoms with E-state index in [1.54, 1.807) is 0 Å². The van der Waals surface area contributed by atoms with Crippen LogP contribution < -0.4 is 0 Å². The van der Waals surface area contributed by atoms with Gasteiger partial charge in [-0.25, -0.2) is 0 Å². The van der Waals surface area contributed by atoms with Crippen LogP contribution in [0.15, 0.2) is 77.2 Å². The SMILES string of the molecule is CCCCc1ccc(C2=CCC(c3nnc(-c4ccccc4)o3)C=C2)cc1. The molecule has 1 atom stereocenters. The van der Waals surface area contributed by atoms with Crippen molar-refractivity contribution in [3.05, 3.63) is 89.8 Å². The second kappa shape index (κ2) is 8.17. The van der Waals surface area contributed by atoms with E-state index in [0.29, 0.717) is 11.8 Å². The van der Waals surface area contributed by atoms with E-state index in [1.165, 1.54) is 29.5 Å². The minimum Gasteiger partial charge on any atom is -0.420 e. The lowest BCUT2D eigenvalue weighted by atomic mass is 9.92. The van der Waals surface area contributed by atoms with Gasteiger partial charge in [0.2, 0.25) is 11.8 Å². The summed E-state index contributed by atoms with van der Waals surface area (Å²) in [7, 11) is 0. The van der Waals surface area contributed by atoms with Gasteiger partial charge in [-0.05, 0) is 48.1 Å². The van der Waals surface area contributed by atoms with Crippen LogP contribution in [0.2, 0.25) is 0 Å². The van der Waals surface area contributed by atoms with Gasteiger partial charge in [0.25, 0.3) is 0 Å². The largest absolute Gasteiger partial charge is 0.420 e. The minimum atomic E-state index is 0.141. The van der Waals surface area contributed by atoms with Crippen LogP contribution in [-0.4, -0.2) is 10.2 Å². The summed E-state index contributed by atoms with van der Waals surface area (Å²) in [6.07, 6.45) is 11.1. The summed E-state index contributed by atoms with van der Waals surface area (Å²) in [4.78, 5) is 0. The second-order valence-electron chi connectivity index (χ2n) is 6.97. The van der Waals surface area contributed by atoms with Crippen molar-refractivity contribution in [3.63, 3.8) is 0 Å². The van der Waals surface area contributed by atoms with Gasteiger partial charge in [0.15, 0.2) is 0 Å². The predicted octanol–water partition coefficient (Wildman–Crippen LogP) is 6.21. The number of rotatable bonds is 6. The fraction of sp³-hybridized carbons (Fsp3) is 0.250. The maximum Gasteiger partial charge on any atom is 0.247 e. The quantitative estimate of drug-likeness (QED) is 0.527. The lowest BCUT2D eigenvalue weighted by Gasteiger charge is -2.13. The zero-order valence-electron chi connectivity index (χ0n) is 15.6. The predicted molar refractivity (Wildman–Crippen MR) is 109 cm³/mol. The van der Waals surface area contributed by atoms with Crippen molar-refractivity contribution in [1.82, 2.24) is 10.2 Å².